The van der Waals surface area contributed by atoms with E-state index in [9.17, 15) is 0 Å². The van der Waals surface area contributed by atoms with Crippen LogP contribution >= 0.6 is 11.8 Å². The van der Waals surface area contributed by atoms with Crippen molar-refractivity contribution in [3.05, 3.63) is 0 Å². The van der Waals surface area contributed by atoms with Crippen LogP contribution in [0.15, 0.2) is 0 Å². The first-order chi connectivity index (χ1) is 3.62. The van der Waals surface area contributed by atoms with E-state index in [1.807, 2.05) is 6.07 Å². The zero-order chi connectivity index (χ0) is 6.62. The maximum atomic E-state index is 8.34. The van der Waals surface area contributed by atoms with Crippen molar-refractivity contribution in [1.82, 2.24) is 0 Å². The Bertz CT molecular complexity index is 105. The van der Waals surface area contributed by atoms with Crippen LogP contribution in [0.1, 0.15) is 13.8 Å². The SMILES string of the molecule is CC(C)(C#N)SCO. The summed E-state index contributed by atoms with van der Waals surface area (Å²) in [4.78, 5) is 0. The average Bonchev–Trinajstić information content (AvgIpc) is 1.67. The van der Waals surface area contributed by atoms with E-state index in [0.29, 0.717) is 0 Å². The van der Waals surface area contributed by atoms with Gasteiger partial charge in [-0.1, -0.05) is 0 Å². The van der Waals surface area contributed by atoms with E-state index in [1.165, 1.54) is 11.8 Å². The van der Waals surface area contributed by atoms with Gasteiger partial charge in [0, 0.05) is 0 Å². The Kier molecular flexibility index (Phi) is 2.88. The number of hydrogen-bond acceptors (Lipinski definition) is 3. The van der Waals surface area contributed by atoms with Crippen molar-refractivity contribution in [3.8, 4) is 6.07 Å². The number of rotatable bonds is 2. The molecule has 0 bridgehead atoms. The maximum absolute atomic E-state index is 8.34. The summed E-state index contributed by atoms with van der Waals surface area (Å²) in [5, 5.41) is 16.7. The molecule has 0 aliphatic heterocycles. The monoisotopic (exact) mass is 131 g/mol. The van der Waals surface area contributed by atoms with Gasteiger partial charge in [-0.05, 0) is 13.8 Å². The molecule has 0 spiro atoms. The lowest BCUT2D eigenvalue weighted by molar-refractivity contribution is 0.374. The highest BCUT2D eigenvalue weighted by atomic mass is 32.2. The number of thioether (sulfide) groups is 1. The Morgan fingerprint density at radius 2 is 2.25 bits per heavy atom. The Morgan fingerprint density at radius 1 is 1.75 bits per heavy atom. The quantitative estimate of drug-likeness (QED) is 0.568. The van der Waals surface area contributed by atoms with Crippen LogP contribution in [0, 0.1) is 11.3 Å². The van der Waals surface area contributed by atoms with Crippen molar-refractivity contribution in [2.24, 2.45) is 0 Å². The normalized spacial score (nSPS) is 10.8. The number of aliphatic hydroxyl groups is 1. The number of nitriles is 1. The summed E-state index contributed by atoms with van der Waals surface area (Å²) < 4.78 is -0.436. The van der Waals surface area contributed by atoms with Crippen LogP contribution in [0.3, 0.4) is 0 Å². The first-order valence-corrected chi connectivity index (χ1v) is 3.27. The fraction of sp³-hybridized carbons (Fsp3) is 0.800. The smallest absolute Gasteiger partial charge is 0.0990 e. The molecular formula is C5H9NOS. The average molecular weight is 131 g/mol. The Balaban J connectivity index is 3.59. The van der Waals surface area contributed by atoms with Gasteiger partial charge >= 0.3 is 0 Å². The molecule has 0 aliphatic carbocycles. The van der Waals surface area contributed by atoms with Crippen molar-refractivity contribution in [2.75, 3.05) is 5.94 Å². The fourth-order valence-corrected chi connectivity index (χ4v) is 0.581. The lowest BCUT2D eigenvalue weighted by atomic mass is 10.2. The van der Waals surface area contributed by atoms with E-state index in [0.717, 1.165) is 0 Å². The van der Waals surface area contributed by atoms with Crippen LogP contribution in [-0.4, -0.2) is 15.8 Å². The Morgan fingerprint density at radius 3 is 2.38 bits per heavy atom. The van der Waals surface area contributed by atoms with Crippen LogP contribution in [0.4, 0.5) is 0 Å². The first-order valence-electron chi connectivity index (χ1n) is 2.28. The highest BCUT2D eigenvalue weighted by Gasteiger charge is 2.15. The van der Waals surface area contributed by atoms with E-state index < -0.39 is 4.75 Å². The summed E-state index contributed by atoms with van der Waals surface area (Å²) in [6.45, 7) is 3.54. The van der Waals surface area contributed by atoms with Crippen LogP contribution in [0.25, 0.3) is 0 Å². The van der Waals surface area contributed by atoms with E-state index in [2.05, 4.69) is 0 Å². The zero-order valence-electron chi connectivity index (χ0n) is 5.01. The molecule has 8 heavy (non-hydrogen) atoms. The zero-order valence-corrected chi connectivity index (χ0v) is 5.83. The second-order valence-corrected chi connectivity index (χ2v) is 3.46. The largest absolute Gasteiger partial charge is 0.386 e. The number of aliphatic hydroxyl groups excluding tert-OH is 1. The molecule has 1 N–H and O–H groups in total. The van der Waals surface area contributed by atoms with E-state index in [4.69, 9.17) is 10.4 Å². The summed E-state index contributed by atoms with van der Waals surface area (Å²) in [7, 11) is 0. The Labute approximate surface area is 53.5 Å². The summed E-state index contributed by atoms with van der Waals surface area (Å²) in [6.07, 6.45) is 0. The predicted molar refractivity (Wildman–Crippen MR) is 34.4 cm³/mol. The van der Waals surface area contributed by atoms with Gasteiger partial charge in [0.05, 0.1) is 16.8 Å². The molecule has 0 atom stereocenters. The summed E-state index contributed by atoms with van der Waals surface area (Å²) in [6, 6.07) is 2.05. The summed E-state index contributed by atoms with van der Waals surface area (Å²) >= 11 is 1.23. The summed E-state index contributed by atoms with van der Waals surface area (Å²) in [5.41, 5.74) is 0. The molecule has 0 saturated heterocycles. The molecular weight excluding hydrogens is 122 g/mol. The minimum atomic E-state index is -0.436. The molecule has 0 heterocycles. The predicted octanol–water partition coefficient (Wildman–Crippen LogP) is 0.972. The molecule has 0 radical (unpaired) electrons. The molecule has 0 fully saturated rings. The first kappa shape index (κ1) is 7.80. The topological polar surface area (TPSA) is 44.0 Å². The second kappa shape index (κ2) is 2.95. The molecule has 0 aromatic carbocycles. The van der Waals surface area contributed by atoms with Gasteiger partial charge in [0.15, 0.2) is 0 Å². The van der Waals surface area contributed by atoms with E-state index >= 15 is 0 Å². The van der Waals surface area contributed by atoms with E-state index in [-0.39, 0.29) is 5.94 Å². The number of nitrogens with zero attached hydrogens (tertiary/aromatic N) is 1. The fourth-order valence-electron chi connectivity index (χ4n) is 0.194. The third-order valence-corrected chi connectivity index (χ3v) is 1.64. The molecule has 0 amide bonds. The molecule has 2 nitrogen and oxygen atoms in total. The second-order valence-electron chi connectivity index (χ2n) is 1.90. The van der Waals surface area contributed by atoms with Crippen molar-refractivity contribution in [2.45, 2.75) is 18.6 Å². The third kappa shape index (κ3) is 2.89. The van der Waals surface area contributed by atoms with Gasteiger partial charge in [-0.3, -0.25) is 0 Å². The van der Waals surface area contributed by atoms with Crippen LogP contribution in [-0.2, 0) is 0 Å². The minimum Gasteiger partial charge on any atom is -0.386 e. The van der Waals surface area contributed by atoms with Gasteiger partial charge < -0.3 is 5.11 Å². The van der Waals surface area contributed by atoms with Crippen molar-refractivity contribution in [3.63, 3.8) is 0 Å². The molecule has 0 rings (SSSR count). The van der Waals surface area contributed by atoms with Gasteiger partial charge in [-0.2, -0.15) is 5.26 Å². The lowest BCUT2D eigenvalue weighted by Crippen LogP contribution is -2.10. The molecule has 0 unspecified atom stereocenters. The van der Waals surface area contributed by atoms with Crippen LogP contribution in [0.5, 0.6) is 0 Å². The van der Waals surface area contributed by atoms with Crippen LogP contribution in [0.2, 0.25) is 0 Å². The van der Waals surface area contributed by atoms with Crippen molar-refractivity contribution < 1.29 is 5.11 Å². The number of hydrogen-bond donors (Lipinski definition) is 1. The Hall–Kier alpha value is -0.200. The highest BCUT2D eigenvalue weighted by Crippen LogP contribution is 2.21. The maximum Gasteiger partial charge on any atom is 0.0990 e. The third-order valence-electron chi connectivity index (χ3n) is 0.695. The molecule has 0 aliphatic rings. The molecule has 0 aromatic heterocycles. The van der Waals surface area contributed by atoms with Gasteiger partial charge in [0.1, 0.15) is 0 Å². The molecule has 0 saturated carbocycles. The molecule has 3 heteroatoms. The molecule has 46 valence electrons. The highest BCUT2D eigenvalue weighted by molar-refractivity contribution is 8.00. The standard InChI is InChI=1S/C5H9NOS/c1-5(2,3-6)8-4-7/h7H,4H2,1-2H3. The van der Waals surface area contributed by atoms with Gasteiger partial charge in [-0.25, -0.2) is 0 Å². The van der Waals surface area contributed by atoms with Gasteiger partial charge in [-0.15, -0.1) is 11.8 Å². The lowest BCUT2D eigenvalue weighted by Gasteiger charge is -2.10. The minimum absolute atomic E-state index is 0.0144. The molecule has 0 aromatic rings. The summed E-state index contributed by atoms with van der Waals surface area (Å²) in [5.74, 6) is 0.0144. The van der Waals surface area contributed by atoms with Crippen molar-refractivity contribution >= 4 is 11.8 Å². The van der Waals surface area contributed by atoms with Crippen molar-refractivity contribution in [1.29, 1.82) is 5.26 Å². The van der Waals surface area contributed by atoms with Crippen LogP contribution < -0.4 is 0 Å². The van der Waals surface area contributed by atoms with E-state index in [1.54, 1.807) is 13.8 Å². The van der Waals surface area contributed by atoms with Gasteiger partial charge in [0.25, 0.3) is 0 Å². The van der Waals surface area contributed by atoms with Gasteiger partial charge in [0.2, 0.25) is 0 Å².